The molecule has 0 aromatic heterocycles. The lowest BCUT2D eigenvalue weighted by Crippen LogP contribution is -2.46. The smallest absolute Gasteiger partial charge is 0.159 e. The van der Waals surface area contributed by atoms with E-state index < -0.39 is 0 Å². The van der Waals surface area contributed by atoms with Gasteiger partial charge < -0.3 is 14.2 Å². The third-order valence-electron chi connectivity index (χ3n) is 4.38. The van der Waals surface area contributed by atoms with E-state index in [0.717, 1.165) is 19.6 Å². The number of benzene rings is 1. The molecule has 2 saturated heterocycles. The van der Waals surface area contributed by atoms with Crippen LogP contribution in [0.4, 0.5) is 0 Å². The van der Waals surface area contributed by atoms with Crippen molar-refractivity contribution in [1.29, 1.82) is 0 Å². The zero-order chi connectivity index (χ0) is 15.2. The Hall–Kier alpha value is -0.980. The van der Waals surface area contributed by atoms with Crippen molar-refractivity contribution in [2.75, 3.05) is 33.5 Å². The molecule has 0 spiro atoms. The molecule has 0 amide bonds. The van der Waals surface area contributed by atoms with Gasteiger partial charge in [0, 0.05) is 26.1 Å². The maximum atomic E-state index is 5.64. The molecule has 2 aliphatic heterocycles. The lowest BCUT2D eigenvalue weighted by Gasteiger charge is -2.31. The highest BCUT2D eigenvalue weighted by Gasteiger charge is 2.29. The van der Waals surface area contributed by atoms with Gasteiger partial charge in [-0.2, -0.15) is 0 Å². The van der Waals surface area contributed by atoms with Crippen LogP contribution in [0.25, 0.3) is 0 Å². The third-order valence-corrected chi connectivity index (χ3v) is 4.38. The molecule has 0 unspecified atom stereocenters. The number of ether oxygens (including phenoxy) is 3. The summed E-state index contributed by atoms with van der Waals surface area (Å²) in [6.45, 7) is 3.22. The van der Waals surface area contributed by atoms with Crippen molar-refractivity contribution in [3.63, 3.8) is 0 Å². The van der Waals surface area contributed by atoms with Crippen LogP contribution >= 0.6 is 0 Å². The van der Waals surface area contributed by atoms with Crippen molar-refractivity contribution in [3.8, 4) is 0 Å². The van der Waals surface area contributed by atoms with Crippen molar-refractivity contribution >= 4 is 0 Å². The van der Waals surface area contributed by atoms with E-state index in [9.17, 15) is 0 Å². The van der Waals surface area contributed by atoms with Crippen LogP contribution < -0.4 is 5.43 Å². The van der Waals surface area contributed by atoms with Gasteiger partial charge in [0.25, 0.3) is 0 Å². The van der Waals surface area contributed by atoms with Gasteiger partial charge in [-0.3, -0.25) is 0 Å². The molecule has 0 radical (unpaired) electrons. The Morgan fingerprint density at radius 1 is 1.27 bits per heavy atom. The molecule has 5 heteroatoms. The zero-order valence-corrected chi connectivity index (χ0v) is 13.2. The van der Waals surface area contributed by atoms with Crippen molar-refractivity contribution in [2.45, 2.75) is 37.6 Å². The molecule has 1 aromatic carbocycles. The van der Waals surface area contributed by atoms with Crippen LogP contribution in [-0.2, 0) is 14.2 Å². The second kappa shape index (κ2) is 8.04. The minimum Gasteiger partial charge on any atom is -0.383 e. The molecule has 2 atom stereocenters. The standard InChI is InChI=1S/C17H26N2O3/c1-20-13-15-8-5-9-19(15)18-16(12-17-21-10-11-22-17)14-6-3-2-4-7-14/h2-4,6-7,15-18H,5,8-13H2,1H3/t15-,16-/m0/s1. The van der Waals surface area contributed by atoms with Gasteiger partial charge in [0.15, 0.2) is 6.29 Å². The van der Waals surface area contributed by atoms with E-state index >= 15 is 0 Å². The Kier molecular flexibility index (Phi) is 5.81. The molecule has 0 saturated carbocycles. The highest BCUT2D eigenvalue weighted by atomic mass is 16.7. The molecule has 2 aliphatic rings. The van der Waals surface area contributed by atoms with E-state index in [1.165, 1.54) is 18.4 Å². The molecule has 2 heterocycles. The Bertz CT molecular complexity index is 437. The lowest BCUT2D eigenvalue weighted by molar-refractivity contribution is -0.0598. The number of hydrazine groups is 1. The summed E-state index contributed by atoms with van der Waals surface area (Å²) in [6.07, 6.45) is 3.10. The van der Waals surface area contributed by atoms with Gasteiger partial charge in [0.2, 0.25) is 0 Å². The first-order valence-corrected chi connectivity index (χ1v) is 8.16. The van der Waals surface area contributed by atoms with Crippen LogP contribution in [0.3, 0.4) is 0 Å². The summed E-state index contributed by atoms with van der Waals surface area (Å²) in [5, 5.41) is 2.33. The summed E-state index contributed by atoms with van der Waals surface area (Å²) in [7, 11) is 1.77. The Morgan fingerprint density at radius 2 is 2.05 bits per heavy atom. The second-order valence-corrected chi connectivity index (χ2v) is 5.94. The van der Waals surface area contributed by atoms with Crippen LogP contribution in [0.15, 0.2) is 30.3 Å². The van der Waals surface area contributed by atoms with Gasteiger partial charge in [-0.25, -0.2) is 10.4 Å². The SMILES string of the molecule is COC[C@@H]1CCCN1N[C@@H](CC1OCCO1)c1ccccc1. The van der Waals surface area contributed by atoms with Crippen LogP contribution in [0, 0.1) is 0 Å². The summed E-state index contributed by atoms with van der Waals surface area (Å²) in [5.74, 6) is 0. The van der Waals surface area contributed by atoms with Crippen molar-refractivity contribution < 1.29 is 14.2 Å². The zero-order valence-electron chi connectivity index (χ0n) is 13.2. The first-order chi connectivity index (χ1) is 10.9. The molecule has 5 nitrogen and oxygen atoms in total. The largest absolute Gasteiger partial charge is 0.383 e. The fourth-order valence-electron chi connectivity index (χ4n) is 3.26. The van der Waals surface area contributed by atoms with E-state index in [1.54, 1.807) is 7.11 Å². The average molecular weight is 306 g/mol. The van der Waals surface area contributed by atoms with E-state index in [4.69, 9.17) is 14.2 Å². The van der Waals surface area contributed by atoms with Gasteiger partial charge in [0.05, 0.1) is 25.9 Å². The molecule has 22 heavy (non-hydrogen) atoms. The summed E-state index contributed by atoms with van der Waals surface area (Å²) < 4.78 is 16.6. The molecule has 3 rings (SSSR count). The van der Waals surface area contributed by atoms with E-state index in [1.807, 2.05) is 6.07 Å². The summed E-state index contributed by atoms with van der Waals surface area (Å²) in [5.41, 5.74) is 4.96. The summed E-state index contributed by atoms with van der Waals surface area (Å²) >= 11 is 0. The van der Waals surface area contributed by atoms with Crippen LogP contribution in [0.2, 0.25) is 0 Å². The van der Waals surface area contributed by atoms with E-state index in [0.29, 0.717) is 19.3 Å². The molecule has 0 bridgehead atoms. The van der Waals surface area contributed by atoms with Crippen molar-refractivity contribution in [2.24, 2.45) is 0 Å². The van der Waals surface area contributed by atoms with Gasteiger partial charge in [-0.05, 0) is 18.4 Å². The van der Waals surface area contributed by atoms with Gasteiger partial charge in [0.1, 0.15) is 0 Å². The maximum absolute atomic E-state index is 5.64. The predicted molar refractivity (Wildman–Crippen MR) is 84.2 cm³/mol. The highest BCUT2D eigenvalue weighted by Crippen LogP contribution is 2.25. The van der Waals surface area contributed by atoms with Crippen LogP contribution in [-0.4, -0.2) is 50.8 Å². The topological polar surface area (TPSA) is 43.0 Å². The molecular weight excluding hydrogens is 280 g/mol. The predicted octanol–water partition coefficient (Wildman–Crippen LogP) is 2.11. The number of rotatable bonds is 7. The lowest BCUT2D eigenvalue weighted by atomic mass is 10.0. The fourth-order valence-corrected chi connectivity index (χ4v) is 3.26. The normalized spacial score (nSPS) is 24.9. The van der Waals surface area contributed by atoms with Crippen LogP contribution in [0.5, 0.6) is 0 Å². The molecule has 1 aromatic rings. The first kappa shape index (κ1) is 15.9. The summed E-state index contributed by atoms with van der Waals surface area (Å²) in [4.78, 5) is 0. The molecule has 122 valence electrons. The maximum Gasteiger partial charge on any atom is 0.159 e. The third kappa shape index (κ3) is 4.06. The van der Waals surface area contributed by atoms with Crippen molar-refractivity contribution in [1.82, 2.24) is 10.4 Å². The highest BCUT2D eigenvalue weighted by molar-refractivity contribution is 5.18. The van der Waals surface area contributed by atoms with Crippen molar-refractivity contribution in [3.05, 3.63) is 35.9 Å². The average Bonchev–Trinajstić information content (AvgIpc) is 3.20. The van der Waals surface area contributed by atoms with Gasteiger partial charge in [-0.15, -0.1) is 0 Å². The number of nitrogens with one attached hydrogen (secondary N) is 1. The quantitative estimate of drug-likeness (QED) is 0.836. The van der Waals surface area contributed by atoms with Gasteiger partial charge in [-0.1, -0.05) is 30.3 Å². The van der Waals surface area contributed by atoms with E-state index in [2.05, 4.69) is 34.7 Å². The minimum absolute atomic E-state index is 0.110. The minimum atomic E-state index is -0.110. The monoisotopic (exact) mass is 306 g/mol. The second-order valence-electron chi connectivity index (χ2n) is 5.94. The van der Waals surface area contributed by atoms with E-state index in [-0.39, 0.29) is 12.3 Å². The number of hydrogen-bond acceptors (Lipinski definition) is 5. The Labute approximate surface area is 132 Å². The number of hydrogen-bond donors (Lipinski definition) is 1. The first-order valence-electron chi connectivity index (χ1n) is 8.16. The molecule has 1 N–H and O–H groups in total. The number of nitrogens with zero attached hydrogens (tertiary/aromatic N) is 1. The molecular formula is C17H26N2O3. The molecule has 0 aliphatic carbocycles. The number of methoxy groups -OCH3 is 1. The van der Waals surface area contributed by atoms with Gasteiger partial charge >= 0.3 is 0 Å². The van der Waals surface area contributed by atoms with Crippen LogP contribution in [0.1, 0.15) is 30.9 Å². The Morgan fingerprint density at radius 3 is 2.77 bits per heavy atom. The summed E-state index contributed by atoms with van der Waals surface area (Å²) in [6, 6.07) is 11.2. The Balaban J connectivity index is 1.67. The fraction of sp³-hybridized carbons (Fsp3) is 0.647. The molecule has 2 fully saturated rings.